The van der Waals surface area contributed by atoms with Crippen molar-refractivity contribution < 1.29 is 0 Å². The molecule has 3 rings (SSSR count). The van der Waals surface area contributed by atoms with Crippen LogP contribution in [0.1, 0.15) is 22.8 Å². The van der Waals surface area contributed by atoms with E-state index in [2.05, 4.69) is 19.9 Å². The van der Waals surface area contributed by atoms with E-state index in [1.54, 1.807) is 0 Å². The third kappa shape index (κ3) is 2.10. The summed E-state index contributed by atoms with van der Waals surface area (Å²) in [4.78, 5) is 16.3. The van der Waals surface area contributed by atoms with Crippen LogP contribution in [-0.2, 0) is 0 Å². The molecule has 0 saturated carbocycles. The molecular formula is C12N8S2. The average Bonchev–Trinajstić information content (AvgIpc) is 2.57. The van der Waals surface area contributed by atoms with Crippen molar-refractivity contribution in [3.63, 3.8) is 0 Å². The maximum Gasteiger partial charge on any atom is 0.178 e. The molecule has 2 aromatic heterocycles. The maximum absolute atomic E-state index is 8.97. The highest BCUT2D eigenvalue weighted by molar-refractivity contribution is 8.04. The van der Waals surface area contributed by atoms with E-state index in [-0.39, 0.29) is 22.8 Å². The molecule has 8 nitrogen and oxygen atoms in total. The number of nitriles is 4. The Kier molecular flexibility index (Phi) is 3.33. The van der Waals surface area contributed by atoms with Crippen LogP contribution in [-0.4, -0.2) is 19.9 Å². The number of fused-ring (bicyclic) bond motifs is 2. The quantitative estimate of drug-likeness (QED) is 0.594. The Bertz CT molecular complexity index is 827. The van der Waals surface area contributed by atoms with Gasteiger partial charge in [-0.1, -0.05) is 0 Å². The molecule has 0 unspecified atom stereocenters. The summed E-state index contributed by atoms with van der Waals surface area (Å²) in [6, 6.07) is 7.24. The van der Waals surface area contributed by atoms with Crippen LogP contribution in [0, 0.1) is 45.3 Å². The zero-order chi connectivity index (χ0) is 15.7. The lowest BCUT2D eigenvalue weighted by atomic mass is 10.3. The van der Waals surface area contributed by atoms with Gasteiger partial charge in [0.15, 0.2) is 22.8 Å². The molecule has 0 bridgehead atoms. The Labute approximate surface area is 132 Å². The second-order valence-corrected chi connectivity index (χ2v) is 5.67. The van der Waals surface area contributed by atoms with Crippen LogP contribution in [0.15, 0.2) is 20.1 Å². The van der Waals surface area contributed by atoms with Gasteiger partial charge in [0, 0.05) is 0 Å². The van der Waals surface area contributed by atoms with Gasteiger partial charge in [-0.25, -0.2) is 19.9 Å². The number of nitrogens with zero attached hydrogens (tertiary/aromatic N) is 8. The van der Waals surface area contributed by atoms with E-state index in [0.717, 1.165) is 23.5 Å². The monoisotopic (exact) mass is 320 g/mol. The first-order valence-corrected chi connectivity index (χ1v) is 7.13. The van der Waals surface area contributed by atoms with E-state index in [4.69, 9.17) is 21.0 Å². The van der Waals surface area contributed by atoms with Gasteiger partial charge < -0.3 is 0 Å². The highest BCUT2D eigenvalue weighted by Crippen LogP contribution is 2.45. The first-order chi connectivity index (χ1) is 10.7. The van der Waals surface area contributed by atoms with Gasteiger partial charge in [0.2, 0.25) is 0 Å². The lowest BCUT2D eigenvalue weighted by Crippen LogP contribution is -2.06. The fourth-order valence-electron chi connectivity index (χ4n) is 1.57. The Morgan fingerprint density at radius 2 is 0.727 bits per heavy atom. The van der Waals surface area contributed by atoms with Gasteiger partial charge in [-0.2, -0.15) is 21.0 Å². The molecular weight excluding hydrogens is 320 g/mol. The SMILES string of the molecule is N#Cc1nc2c(nc1C#N)Sc1nc(C#N)c(C#N)nc1S2. The molecule has 0 amide bonds. The highest BCUT2D eigenvalue weighted by atomic mass is 32.2. The molecule has 3 heterocycles. The number of aromatic nitrogens is 4. The molecule has 1 aliphatic rings. The predicted molar refractivity (Wildman–Crippen MR) is 71.2 cm³/mol. The summed E-state index contributed by atoms with van der Waals surface area (Å²) >= 11 is 2.18. The zero-order valence-corrected chi connectivity index (χ0v) is 12.0. The van der Waals surface area contributed by atoms with Crippen molar-refractivity contribution in [2.45, 2.75) is 20.1 Å². The van der Waals surface area contributed by atoms with E-state index in [1.807, 2.05) is 24.3 Å². The molecule has 0 radical (unpaired) electrons. The molecule has 22 heavy (non-hydrogen) atoms. The van der Waals surface area contributed by atoms with Crippen LogP contribution < -0.4 is 0 Å². The molecule has 0 fully saturated rings. The average molecular weight is 320 g/mol. The minimum Gasteiger partial charge on any atom is -0.224 e. The summed E-state index contributed by atoms with van der Waals surface area (Å²) in [5.41, 5.74) is -0.278. The molecule has 0 aliphatic carbocycles. The molecule has 0 saturated heterocycles. The topological polar surface area (TPSA) is 147 Å². The number of hydrogen-bond acceptors (Lipinski definition) is 10. The van der Waals surface area contributed by atoms with Crippen molar-refractivity contribution in [3.05, 3.63) is 22.8 Å². The van der Waals surface area contributed by atoms with Crippen molar-refractivity contribution in [3.8, 4) is 24.3 Å². The van der Waals surface area contributed by atoms with Crippen LogP contribution in [0.25, 0.3) is 0 Å². The summed E-state index contributed by atoms with van der Waals surface area (Å²) in [6.45, 7) is 0. The van der Waals surface area contributed by atoms with Crippen LogP contribution in [0.3, 0.4) is 0 Å². The zero-order valence-electron chi connectivity index (χ0n) is 10.4. The molecule has 100 valence electrons. The Morgan fingerprint density at radius 3 is 0.909 bits per heavy atom. The molecule has 2 aromatic rings. The second-order valence-electron chi connectivity index (χ2n) is 3.71. The second kappa shape index (κ2) is 5.31. The standard InChI is InChI=1S/C12N8S2/c13-1-5-6(2-14)18-10-9(17-5)21-11-12(22-10)20-8(4-16)7(3-15)19-11. The summed E-state index contributed by atoms with van der Waals surface area (Å²) < 4.78 is 0. The van der Waals surface area contributed by atoms with Gasteiger partial charge >= 0.3 is 0 Å². The molecule has 1 aliphatic heterocycles. The van der Waals surface area contributed by atoms with Gasteiger partial charge in [-0.15, -0.1) is 0 Å². The van der Waals surface area contributed by atoms with Crippen LogP contribution >= 0.6 is 23.5 Å². The van der Waals surface area contributed by atoms with E-state index >= 15 is 0 Å². The largest absolute Gasteiger partial charge is 0.224 e. The van der Waals surface area contributed by atoms with Crippen molar-refractivity contribution in [1.29, 1.82) is 21.0 Å². The van der Waals surface area contributed by atoms with Gasteiger partial charge in [-0.05, 0) is 23.5 Å². The third-order valence-corrected chi connectivity index (χ3v) is 4.65. The lowest BCUT2D eigenvalue weighted by Gasteiger charge is -2.15. The Hall–Kier alpha value is -3.18. The highest BCUT2D eigenvalue weighted by Gasteiger charge is 2.26. The van der Waals surface area contributed by atoms with Crippen molar-refractivity contribution in [2.75, 3.05) is 0 Å². The smallest absolute Gasteiger partial charge is 0.178 e. The molecule has 10 heteroatoms. The molecule has 0 atom stereocenters. The van der Waals surface area contributed by atoms with Gasteiger partial charge in [0.1, 0.15) is 44.4 Å². The predicted octanol–water partition coefficient (Wildman–Crippen LogP) is 1.37. The van der Waals surface area contributed by atoms with Gasteiger partial charge in [0.25, 0.3) is 0 Å². The normalized spacial score (nSPS) is 11.1. The van der Waals surface area contributed by atoms with Crippen LogP contribution in [0.2, 0.25) is 0 Å². The van der Waals surface area contributed by atoms with E-state index < -0.39 is 0 Å². The third-order valence-electron chi connectivity index (χ3n) is 2.48. The van der Waals surface area contributed by atoms with Crippen LogP contribution in [0.5, 0.6) is 0 Å². The van der Waals surface area contributed by atoms with Gasteiger partial charge in [-0.3, -0.25) is 0 Å². The Morgan fingerprint density at radius 1 is 0.500 bits per heavy atom. The molecule has 0 N–H and O–H groups in total. The first kappa shape index (κ1) is 13.8. The van der Waals surface area contributed by atoms with Crippen molar-refractivity contribution in [2.24, 2.45) is 0 Å². The summed E-state index contributed by atoms with van der Waals surface area (Å²) in [7, 11) is 0. The minimum atomic E-state index is -0.0695. The summed E-state index contributed by atoms with van der Waals surface area (Å²) in [5.74, 6) is 0. The van der Waals surface area contributed by atoms with Gasteiger partial charge in [0.05, 0.1) is 0 Å². The molecule has 0 spiro atoms. The maximum atomic E-state index is 8.97. The van der Waals surface area contributed by atoms with Crippen LogP contribution in [0.4, 0.5) is 0 Å². The number of rotatable bonds is 0. The van der Waals surface area contributed by atoms with Crippen molar-refractivity contribution >= 4 is 23.5 Å². The lowest BCUT2D eigenvalue weighted by molar-refractivity contribution is 0.836. The summed E-state index contributed by atoms with van der Waals surface area (Å²) in [5, 5.41) is 37.5. The van der Waals surface area contributed by atoms with Crippen molar-refractivity contribution in [1.82, 2.24) is 19.9 Å². The fourth-order valence-corrected chi connectivity index (χ4v) is 3.52. The fraction of sp³-hybridized carbons (Fsp3) is 0. The number of hydrogen-bond donors (Lipinski definition) is 0. The summed E-state index contributed by atoms with van der Waals surface area (Å²) in [6.07, 6.45) is 0. The van der Waals surface area contributed by atoms with E-state index in [0.29, 0.717) is 20.1 Å². The first-order valence-electron chi connectivity index (χ1n) is 5.50. The Balaban J connectivity index is 2.16. The van der Waals surface area contributed by atoms with E-state index in [1.165, 1.54) is 0 Å². The minimum absolute atomic E-state index is 0.0695. The van der Waals surface area contributed by atoms with E-state index in [9.17, 15) is 0 Å². The molecule has 0 aromatic carbocycles.